The van der Waals surface area contributed by atoms with Gasteiger partial charge in [-0.15, -0.1) is 33.5 Å². The van der Waals surface area contributed by atoms with Crippen molar-refractivity contribution in [3.63, 3.8) is 0 Å². The Morgan fingerprint density at radius 1 is 0.679 bits per heavy atom. The van der Waals surface area contributed by atoms with E-state index >= 15 is 0 Å². The second-order valence-corrected chi connectivity index (χ2v) is 18.4. The third-order valence-corrected chi connectivity index (χ3v) is 14.5. The number of ether oxygens (including phenoxy) is 1. The molecule has 0 saturated heterocycles. The standard InChI is InChI=1S/C25H32ClO.C24H32ClOS.2Y/c1-18-15-21(16-19(2)24(18)17-27)11-13-23-22(12-14-25(23)26)10-6-9-20-7-4-3-5-8-20;1-17-14-19(15-18(2)23(17)16-26-3)9-11-22-20(10-12-24(22)25)6-4-7-21-8-5-13-27-21;;/h3-4,7-8,15-16,22-23,25,27H,6,9-14,17H2,1-2H3;5,8,14-15,20,22,24H,4,6-7,9-12,16H2,1-3H3;;/q2*-1;;/t22-,23+,25?;20-,22+,24?;;/m00../s1. The summed E-state index contributed by atoms with van der Waals surface area (Å²) in [5.41, 5.74) is 11.8. The molecular weight excluding hydrogens is 901 g/mol. The van der Waals surface area contributed by atoms with Crippen LogP contribution in [0.5, 0.6) is 0 Å². The van der Waals surface area contributed by atoms with Gasteiger partial charge in [-0.3, -0.25) is 0 Å². The Labute approximate surface area is 404 Å². The molecular formula is C49H64Cl2O2SY2-2. The molecule has 2 aliphatic carbocycles. The molecule has 2 nitrogen and oxygen atoms in total. The number of aliphatic hydroxyl groups excluding tert-OH is 1. The van der Waals surface area contributed by atoms with Gasteiger partial charge in [0.2, 0.25) is 0 Å². The Bertz CT molecular complexity index is 1650. The summed E-state index contributed by atoms with van der Waals surface area (Å²) < 4.78 is 5.34. The van der Waals surface area contributed by atoms with Crippen LogP contribution in [-0.4, -0.2) is 23.0 Å². The van der Waals surface area contributed by atoms with Crippen LogP contribution < -0.4 is 0 Å². The molecule has 0 aliphatic heterocycles. The summed E-state index contributed by atoms with van der Waals surface area (Å²) in [4.78, 5) is 1.47. The number of rotatable bonds is 17. The van der Waals surface area contributed by atoms with Gasteiger partial charge in [-0.1, -0.05) is 62.8 Å². The third-order valence-electron chi connectivity index (χ3n) is 12.6. The molecule has 6 atom stereocenters. The molecule has 7 heteroatoms. The van der Waals surface area contributed by atoms with Crippen molar-refractivity contribution < 1.29 is 75.3 Å². The fourth-order valence-corrected chi connectivity index (χ4v) is 11.2. The van der Waals surface area contributed by atoms with Crippen LogP contribution in [-0.2, 0) is 109 Å². The second-order valence-electron chi connectivity index (χ2n) is 16.3. The van der Waals surface area contributed by atoms with Gasteiger partial charge >= 0.3 is 0 Å². The normalized spacial score (nSPS) is 21.6. The van der Waals surface area contributed by atoms with E-state index in [1.54, 1.807) is 18.4 Å². The number of benzene rings is 3. The molecule has 2 aliphatic rings. The Hall–Kier alpha value is 0.0678. The van der Waals surface area contributed by atoms with E-state index in [4.69, 9.17) is 27.9 Å². The Morgan fingerprint density at radius 2 is 1.21 bits per heavy atom. The molecule has 3 aromatic carbocycles. The van der Waals surface area contributed by atoms with Crippen molar-refractivity contribution in [3.05, 3.63) is 127 Å². The van der Waals surface area contributed by atoms with Gasteiger partial charge in [-0.2, -0.15) is 42.0 Å². The van der Waals surface area contributed by atoms with Crippen LogP contribution in [0.15, 0.2) is 60.7 Å². The minimum Gasteiger partial charge on any atom is -0.392 e. The molecule has 2 saturated carbocycles. The van der Waals surface area contributed by atoms with E-state index in [1.165, 1.54) is 114 Å². The molecule has 4 aromatic rings. The second kappa shape index (κ2) is 26.4. The van der Waals surface area contributed by atoms with E-state index in [-0.39, 0.29) is 72.0 Å². The monoisotopic (exact) mass is 964 g/mol. The number of hydrogen-bond donors (Lipinski definition) is 1. The molecule has 2 radical (unpaired) electrons. The van der Waals surface area contributed by atoms with Crippen LogP contribution in [0.3, 0.4) is 0 Å². The van der Waals surface area contributed by atoms with Gasteiger partial charge in [-0.05, 0) is 147 Å². The molecule has 0 spiro atoms. The van der Waals surface area contributed by atoms with Gasteiger partial charge in [0, 0.05) is 83.3 Å². The fourth-order valence-electron chi connectivity index (χ4n) is 9.58. The molecule has 1 aromatic heterocycles. The summed E-state index contributed by atoms with van der Waals surface area (Å²) in [5.74, 6) is 2.86. The first-order valence-electron chi connectivity index (χ1n) is 20.6. The minimum absolute atomic E-state index is 0. The van der Waals surface area contributed by atoms with Crippen molar-refractivity contribution >= 4 is 34.5 Å². The van der Waals surface area contributed by atoms with Crippen LogP contribution in [0.25, 0.3) is 0 Å². The topological polar surface area (TPSA) is 29.5 Å². The first-order chi connectivity index (χ1) is 26.2. The summed E-state index contributed by atoms with van der Waals surface area (Å²) in [6.07, 6.45) is 17.0. The van der Waals surface area contributed by atoms with Gasteiger partial charge < -0.3 is 21.2 Å². The molecule has 300 valence electrons. The summed E-state index contributed by atoms with van der Waals surface area (Å²) in [7, 11) is 1.77. The van der Waals surface area contributed by atoms with Crippen molar-refractivity contribution in [3.8, 4) is 0 Å². The zero-order chi connectivity index (χ0) is 38.5. The maximum Gasteiger partial charge on any atom is 0.0718 e. The van der Waals surface area contributed by atoms with E-state index in [0.717, 1.165) is 43.1 Å². The van der Waals surface area contributed by atoms with Crippen LogP contribution in [0.2, 0.25) is 0 Å². The van der Waals surface area contributed by atoms with E-state index in [0.29, 0.717) is 29.2 Å². The molecule has 6 rings (SSSR count). The van der Waals surface area contributed by atoms with Crippen molar-refractivity contribution in [2.45, 2.75) is 142 Å². The van der Waals surface area contributed by atoms with Crippen molar-refractivity contribution in [1.29, 1.82) is 0 Å². The third kappa shape index (κ3) is 15.2. The Balaban J connectivity index is 0.000000290. The largest absolute Gasteiger partial charge is 0.392 e. The van der Waals surface area contributed by atoms with Crippen LogP contribution in [0, 0.1) is 62.8 Å². The molecule has 2 fully saturated rings. The van der Waals surface area contributed by atoms with Crippen molar-refractivity contribution in [2.75, 3.05) is 7.11 Å². The van der Waals surface area contributed by atoms with Crippen molar-refractivity contribution in [2.24, 2.45) is 23.7 Å². The number of halogens is 2. The van der Waals surface area contributed by atoms with Gasteiger partial charge in [-0.25, -0.2) is 6.07 Å². The average molecular weight is 966 g/mol. The molecule has 1 heterocycles. The molecule has 1 N–H and O–H groups in total. The Morgan fingerprint density at radius 3 is 1.68 bits per heavy atom. The summed E-state index contributed by atoms with van der Waals surface area (Å²) >= 11 is 15.2. The number of alkyl halides is 2. The fraction of sp³-hybridized carbons (Fsp3) is 0.551. The zero-order valence-electron chi connectivity index (χ0n) is 34.7. The number of methoxy groups -OCH3 is 1. The molecule has 0 amide bonds. The zero-order valence-corrected chi connectivity index (χ0v) is 42.7. The maximum atomic E-state index is 9.51. The number of thiophene rings is 1. The van der Waals surface area contributed by atoms with Gasteiger partial charge in [0.1, 0.15) is 0 Å². The summed E-state index contributed by atoms with van der Waals surface area (Å²) in [6.45, 7) is 9.45. The first kappa shape index (κ1) is 50.4. The smallest absolute Gasteiger partial charge is 0.0718 e. The van der Waals surface area contributed by atoms with Gasteiger partial charge in [0.25, 0.3) is 0 Å². The number of hydrogen-bond acceptors (Lipinski definition) is 3. The van der Waals surface area contributed by atoms with Crippen LogP contribution in [0.1, 0.15) is 119 Å². The summed E-state index contributed by atoms with van der Waals surface area (Å²) in [5, 5.41) is 13.4. The van der Waals surface area contributed by atoms with E-state index in [2.05, 4.69) is 87.7 Å². The SMILES string of the molecule is COCc1c(C)cc(CC[C@H]2C(Cl)CC[C@@H]2CCCc2cc[c-]s2)cc1C.Cc1cc(CC[C@H]2C(Cl)CC[C@@H]2CCCc2c[c-]ccc2)cc(C)c1CO.[Y].[Y]. The minimum atomic E-state index is 0. The average Bonchev–Trinajstić information content (AvgIpc) is 3.89. The van der Waals surface area contributed by atoms with Gasteiger partial charge in [0.15, 0.2) is 0 Å². The van der Waals surface area contributed by atoms with E-state index in [1.807, 2.05) is 12.1 Å². The number of aryl methyl sites for hydroxylation is 8. The molecule has 56 heavy (non-hydrogen) atoms. The van der Waals surface area contributed by atoms with E-state index in [9.17, 15) is 5.11 Å². The number of aliphatic hydroxyl groups is 1. The van der Waals surface area contributed by atoms with Gasteiger partial charge in [0.05, 0.1) is 13.2 Å². The van der Waals surface area contributed by atoms with Crippen molar-refractivity contribution in [1.82, 2.24) is 0 Å². The van der Waals surface area contributed by atoms with Crippen LogP contribution >= 0.6 is 34.5 Å². The molecule has 0 bridgehead atoms. The summed E-state index contributed by atoms with van der Waals surface area (Å²) in [6, 6.07) is 25.0. The Kier molecular flexibility index (Phi) is 23.8. The molecule has 2 unspecified atom stereocenters. The van der Waals surface area contributed by atoms with Crippen LogP contribution in [0.4, 0.5) is 0 Å². The predicted molar refractivity (Wildman–Crippen MR) is 231 cm³/mol. The first-order valence-corrected chi connectivity index (χ1v) is 22.3. The predicted octanol–water partition coefficient (Wildman–Crippen LogP) is 13.1. The van der Waals surface area contributed by atoms with E-state index < -0.39 is 0 Å². The quantitative estimate of drug-likeness (QED) is 0.0844. The maximum absolute atomic E-state index is 9.51.